The maximum atomic E-state index is 12.5. The van der Waals surface area contributed by atoms with Crippen molar-refractivity contribution < 1.29 is 9.90 Å². The third-order valence-electron chi connectivity index (χ3n) is 4.73. The van der Waals surface area contributed by atoms with Gasteiger partial charge in [-0.05, 0) is 29.9 Å². The van der Waals surface area contributed by atoms with Crippen molar-refractivity contribution in [3.8, 4) is 0 Å². The monoisotopic (exact) mass is 339 g/mol. The van der Waals surface area contributed by atoms with Crippen molar-refractivity contribution >= 4 is 5.91 Å². The van der Waals surface area contributed by atoms with E-state index in [9.17, 15) is 9.90 Å². The Morgan fingerprint density at radius 3 is 2.32 bits per heavy atom. The number of aliphatic hydroxyl groups is 1. The minimum absolute atomic E-state index is 0.0458. The Bertz CT molecular complexity index is 662. The van der Waals surface area contributed by atoms with E-state index < -0.39 is 0 Å². The Balaban J connectivity index is 1.95. The molecule has 0 radical (unpaired) electrons. The van der Waals surface area contributed by atoms with Gasteiger partial charge < -0.3 is 10.4 Å². The zero-order valence-corrected chi connectivity index (χ0v) is 15.5. The summed E-state index contributed by atoms with van der Waals surface area (Å²) in [6, 6.07) is 18.4. The zero-order valence-electron chi connectivity index (χ0n) is 15.5. The standard InChI is InChI=1S/C22H29NO2/c1-17-9-11-20(12-10-17)22(2,3)15-21(25)23-16-19(13-14-24)18-7-5-4-6-8-18/h4-12,19,24H,13-16H2,1-3H3,(H,23,25). The van der Waals surface area contributed by atoms with Gasteiger partial charge in [0, 0.05) is 25.5 Å². The van der Waals surface area contributed by atoms with E-state index in [1.807, 2.05) is 30.3 Å². The molecule has 0 aliphatic rings. The molecule has 1 unspecified atom stereocenters. The fraction of sp³-hybridized carbons (Fsp3) is 0.409. The molecule has 0 fully saturated rings. The van der Waals surface area contributed by atoms with E-state index in [-0.39, 0.29) is 23.8 Å². The lowest BCUT2D eigenvalue weighted by atomic mass is 9.81. The molecule has 0 aliphatic carbocycles. The SMILES string of the molecule is Cc1ccc(C(C)(C)CC(=O)NCC(CCO)c2ccccc2)cc1. The first-order valence-electron chi connectivity index (χ1n) is 8.92. The molecule has 0 heterocycles. The summed E-state index contributed by atoms with van der Waals surface area (Å²) in [5.41, 5.74) is 3.33. The van der Waals surface area contributed by atoms with Gasteiger partial charge in [-0.25, -0.2) is 0 Å². The first-order chi connectivity index (χ1) is 11.9. The lowest BCUT2D eigenvalue weighted by Crippen LogP contribution is -2.33. The van der Waals surface area contributed by atoms with Gasteiger partial charge in [-0.15, -0.1) is 0 Å². The normalized spacial score (nSPS) is 12.6. The summed E-state index contributed by atoms with van der Waals surface area (Å²) in [4.78, 5) is 12.5. The molecule has 0 aromatic heterocycles. The third kappa shape index (κ3) is 5.71. The van der Waals surface area contributed by atoms with Crippen molar-refractivity contribution in [2.45, 2.75) is 44.9 Å². The Labute approximate surface area is 151 Å². The van der Waals surface area contributed by atoms with Gasteiger partial charge in [0.25, 0.3) is 0 Å². The van der Waals surface area contributed by atoms with E-state index in [0.717, 1.165) is 5.56 Å². The summed E-state index contributed by atoms with van der Waals surface area (Å²) in [5.74, 6) is 0.182. The predicted octanol–water partition coefficient (Wildman–Crippen LogP) is 3.95. The van der Waals surface area contributed by atoms with Gasteiger partial charge in [0.05, 0.1) is 0 Å². The number of rotatable bonds is 8. The lowest BCUT2D eigenvalue weighted by molar-refractivity contribution is -0.122. The molecule has 2 N–H and O–H groups in total. The summed E-state index contributed by atoms with van der Waals surface area (Å²) in [6.45, 7) is 6.92. The van der Waals surface area contributed by atoms with E-state index in [0.29, 0.717) is 19.4 Å². The number of aliphatic hydroxyl groups excluding tert-OH is 1. The molecule has 134 valence electrons. The van der Waals surface area contributed by atoms with Gasteiger partial charge in [0.2, 0.25) is 5.91 Å². The molecule has 3 heteroatoms. The fourth-order valence-electron chi connectivity index (χ4n) is 3.08. The van der Waals surface area contributed by atoms with Crippen LogP contribution in [0, 0.1) is 6.92 Å². The molecule has 2 aromatic rings. The van der Waals surface area contributed by atoms with Crippen molar-refractivity contribution in [2.24, 2.45) is 0 Å². The number of nitrogens with one attached hydrogen (secondary N) is 1. The van der Waals surface area contributed by atoms with Crippen molar-refractivity contribution in [1.29, 1.82) is 0 Å². The van der Waals surface area contributed by atoms with Crippen molar-refractivity contribution in [3.05, 3.63) is 71.3 Å². The third-order valence-corrected chi connectivity index (χ3v) is 4.73. The highest BCUT2D eigenvalue weighted by Crippen LogP contribution is 2.27. The fourth-order valence-corrected chi connectivity index (χ4v) is 3.08. The molecule has 0 saturated heterocycles. The number of carbonyl (C=O) groups is 1. The van der Waals surface area contributed by atoms with Crippen LogP contribution in [-0.4, -0.2) is 24.2 Å². The average molecular weight is 339 g/mol. The van der Waals surface area contributed by atoms with Crippen molar-refractivity contribution in [1.82, 2.24) is 5.32 Å². The van der Waals surface area contributed by atoms with E-state index >= 15 is 0 Å². The zero-order chi connectivity index (χ0) is 18.3. The molecule has 0 aliphatic heterocycles. The van der Waals surface area contributed by atoms with E-state index in [4.69, 9.17) is 0 Å². The number of benzene rings is 2. The molecule has 25 heavy (non-hydrogen) atoms. The minimum atomic E-state index is -0.211. The van der Waals surface area contributed by atoms with Crippen LogP contribution >= 0.6 is 0 Å². The van der Waals surface area contributed by atoms with Gasteiger partial charge in [-0.1, -0.05) is 74.0 Å². The van der Waals surface area contributed by atoms with E-state index in [1.165, 1.54) is 11.1 Å². The molecule has 0 bridgehead atoms. The second-order valence-electron chi connectivity index (χ2n) is 7.35. The second kappa shape index (κ2) is 8.82. The highest BCUT2D eigenvalue weighted by molar-refractivity contribution is 5.77. The van der Waals surface area contributed by atoms with Crippen molar-refractivity contribution in [2.75, 3.05) is 13.2 Å². The highest BCUT2D eigenvalue weighted by atomic mass is 16.3. The second-order valence-corrected chi connectivity index (χ2v) is 7.35. The van der Waals surface area contributed by atoms with Crippen LogP contribution < -0.4 is 5.32 Å². The summed E-state index contributed by atoms with van der Waals surface area (Å²) in [7, 11) is 0. The largest absolute Gasteiger partial charge is 0.396 e. The molecule has 0 saturated carbocycles. The molecular weight excluding hydrogens is 310 g/mol. The van der Waals surface area contributed by atoms with Crippen LogP contribution in [0.1, 0.15) is 49.3 Å². The maximum Gasteiger partial charge on any atom is 0.220 e. The summed E-state index contributed by atoms with van der Waals surface area (Å²) in [6.07, 6.45) is 1.09. The number of hydrogen-bond donors (Lipinski definition) is 2. The molecule has 2 aromatic carbocycles. The van der Waals surface area contributed by atoms with Crippen LogP contribution in [0.5, 0.6) is 0 Å². The van der Waals surface area contributed by atoms with E-state index in [2.05, 4.69) is 50.4 Å². The molecule has 3 nitrogen and oxygen atoms in total. The van der Waals surface area contributed by atoms with Crippen molar-refractivity contribution in [3.63, 3.8) is 0 Å². The molecule has 1 amide bonds. The number of hydrogen-bond acceptors (Lipinski definition) is 2. The predicted molar refractivity (Wildman–Crippen MR) is 103 cm³/mol. The number of amides is 1. The molecular formula is C22H29NO2. The molecule has 0 spiro atoms. The smallest absolute Gasteiger partial charge is 0.220 e. The van der Waals surface area contributed by atoms with Gasteiger partial charge in [0.15, 0.2) is 0 Å². The molecule has 1 atom stereocenters. The van der Waals surface area contributed by atoms with Crippen LogP contribution in [0.2, 0.25) is 0 Å². The van der Waals surface area contributed by atoms with Gasteiger partial charge in [-0.2, -0.15) is 0 Å². The maximum absolute atomic E-state index is 12.5. The van der Waals surface area contributed by atoms with Crippen LogP contribution in [0.4, 0.5) is 0 Å². The highest BCUT2D eigenvalue weighted by Gasteiger charge is 2.24. The van der Waals surface area contributed by atoms with Crippen LogP contribution in [-0.2, 0) is 10.2 Å². The van der Waals surface area contributed by atoms with Gasteiger partial charge in [0.1, 0.15) is 0 Å². The quantitative estimate of drug-likeness (QED) is 0.765. The van der Waals surface area contributed by atoms with Crippen LogP contribution in [0.15, 0.2) is 54.6 Å². The Morgan fingerprint density at radius 2 is 1.72 bits per heavy atom. The first kappa shape index (κ1) is 19.2. The minimum Gasteiger partial charge on any atom is -0.396 e. The summed E-state index contributed by atoms with van der Waals surface area (Å²) < 4.78 is 0. The van der Waals surface area contributed by atoms with Gasteiger partial charge >= 0.3 is 0 Å². The van der Waals surface area contributed by atoms with E-state index in [1.54, 1.807) is 0 Å². The Kier molecular flexibility index (Phi) is 6.77. The number of carbonyl (C=O) groups excluding carboxylic acids is 1. The Hall–Kier alpha value is -2.13. The number of aryl methyl sites for hydroxylation is 1. The molecule has 2 rings (SSSR count). The van der Waals surface area contributed by atoms with Crippen LogP contribution in [0.25, 0.3) is 0 Å². The topological polar surface area (TPSA) is 49.3 Å². The van der Waals surface area contributed by atoms with Gasteiger partial charge in [-0.3, -0.25) is 4.79 Å². The first-order valence-corrected chi connectivity index (χ1v) is 8.92. The average Bonchev–Trinajstić information content (AvgIpc) is 2.59. The summed E-state index contributed by atoms with van der Waals surface area (Å²) in [5, 5.41) is 12.4. The Morgan fingerprint density at radius 1 is 1.08 bits per heavy atom. The van der Waals surface area contributed by atoms with Crippen LogP contribution in [0.3, 0.4) is 0 Å². The summed E-state index contributed by atoms with van der Waals surface area (Å²) >= 11 is 0. The lowest BCUT2D eigenvalue weighted by Gasteiger charge is -2.25.